The zero-order chi connectivity index (χ0) is 13.8. The number of ether oxygens (including phenoxy) is 1. The van der Waals surface area contributed by atoms with Crippen LogP contribution in [0.1, 0.15) is 29.2 Å². The highest BCUT2D eigenvalue weighted by atomic mass is 16.5. The fourth-order valence-electron chi connectivity index (χ4n) is 1.91. The van der Waals surface area contributed by atoms with Crippen molar-refractivity contribution >= 4 is 12.1 Å². The first kappa shape index (κ1) is 13.1. The average molecular weight is 265 g/mol. The lowest BCUT2D eigenvalue weighted by atomic mass is 9.87. The molecule has 2 N–H and O–H groups in total. The summed E-state index contributed by atoms with van der Waals surface area (Å²) < 4.78 is 6.43. The summed E-state index contributed by atoms with van der Waals surface area (Å²) >= 11 is 0. The number of carbonyl (C=O) groups excluding carboxylic acids is 1. The van der Waals surface area contributed by atoms with Gasteiger partial charge in [0.2, 0.25) is 0 Å². The van der Waals surface area contributed by atoms with Crippen LogP contribution in [0.5, 0.6) is 0 Å². The van der Waals surface area contributed by atoms with Crippen LogP contribution in [0, 0.1) is 0 Å². The summed E-state index contributed by atoms with van der Waals surface area (Å²) in [6, 6.07) is 0.164. The van der Waals surface area contributed by atoms with Crippen molar-refractivity contribution in [1.82, 2.24) is 15.1 Å². The van der Waals surface area contributed by atoms with E-state index in [2.05, 4.69) is 17.0 Å². The summed E-state index contributed by atoms with van der Waals surface area (Å²) in [6.07, 6.45) is 5.28. The Bertz CT molecular complexity index is 491. The van der Waals surface area contributed by atoms with Gasteiger partial charge in [-0.15, -0.1) is 0 Å². The van der Waals surface area contributed by atoms with Gasteiger partial charge >= 0.3 is 12.1 Å². The van der Waals surface area contributed by atoms with E-state index >= 15 is 0 Å². The molecule has 1 aliphatic rings. The van der Waals surface area contributed by atoms with Crippen LogP contribution in [0.15, 0.2) is 25.0 Å². The van der Waals surface area contributed by atoms with Crippen molar-refractivity contribution in [3.05, 3.63) is 30.6 Å². The SMILES string of the molecule is C=CCOC(=O)NC1CC(n2cc(C(=O)O)cn2)C1. The smallest absolute Gasteiger partial charge is 0.407 e. The van der Waals surface area contributed by atoms with Crippen LogP contribution in [0.3, 0.4) is 0 Å². The second kappa shape index (κ2) is 5.55. The number of carboxylic acids is 1. The van der Waals surface area contributed by atoms with E-state index < -0.39 is 12.1 Å². The summed E-state index contributed by atoms with van der Waals surface area (Å²) in [5.41, 5.74) is 0.168. The van der Waals surface area contributed by atoms with Gasteiger partial charge in [-0.1, -0.05) is 12.7 Å². The molecule has 0 aromatic carbocycles. The number of nitrogens with zero attached hydrogens (tertiary/aromatic N) is 2. The molecule has 0 unspecified atom stereocenters. The van der Waals surface area contributed by atoms with E-state index in [0.717, 1.165) is 0 Å². The zero-order valence-corrected chi connectivity index (χ0v) is 10.3. The van der Waals surface area contributed by atoms with Gasteiger partial charge in [-0.2, -0.15) is 5.10 Å². The van der Waals surface area contributed by atoms with Gasteiger partial charge in [-0.3, -0.25) is 4.68 Å². The third-order valence-electron chi connectivity index (χ3n) is 2.99. The highest BCUT2D eigenvalue weighted by Crippen LogP contribution is 2.31. The Morgan fingerprint density at radius 1 is 1.63 bits per heavy atom. The van der Waals surface area contributed by atoms with Crippen molar-refractivity contribution in [1.29, 1.82) is 0 Å². The molecule has 7 nitrogen and oxygen atoms in total. The standard InChI is InChI=1S/C12H15N3O4/c1-2-3-19-12(18)14-9-4-10(5-9)15-7-8(6-13-15)11(16)17/h2,6-7,9-10H,1,3-5H2,(H,14,18)(H,16,17). The number of aromatic carboxylic acids is 1. The van der Waals surface area contributed by atoms with Crippen LogP contribution in [0.2, 0.25) is 0 Å². The zero-order valence-electron chi connectivity index (χ0n) is 10.3. The molecule has 1 aromatic heterocycles. The number of aromatic nitrogens is 2. The molecular formula is C12H15N3O4. The van der Waals surface area contributed by atoms with Crippen LogP contribution in [0.4, 0.5) is 4.79 Å². The summed E-state index contributed by atoms with van der Waals surface area (Å²) in [7, 11) is 0. The molecule has 1 aromatic rings. The van der Waals surface area contributed by atoms with E-state index in [1.165, 1.54) is 18.5 Å². The first-order valence-corrected chi connectivity index (χ1v) is 5.91. The molecule has 0 spiro atoms. The van der Waals surface area contributed by atoms with Gasteiger partial charge < -0.3 is 15.2 Å². The molecule has 0 radical (unpaired) electrons. The Kier molecular flexibility index (Phi) is 3.84. The summed E-state index contributed by atoms with van der Waals surface area (Å²) in [5.74, 6) is -0.992. The van der Waals surface area contributed by atoms with Crippen LogP contribution in [0.25, 0.3) is 0 Å². The van der Waals surface area contributed by atoms with E-state index in [4.69, 9.17) is 9.84 Å². The molecule has 0 aliphatic heterocycles. The van der Waals surface area contributed by atoms with Gasteiger partial charge in [0.15, 0.2) is 0 Å². The van der Waals surface area contributed by atoms with Gasteiger partial charge in [0.25, 0.3) is 0 Å². The number of hydrogen-bond acceptors (Lipinski definition) is 4. The molecular weight excluding hydrogens is 250 g/mol. The van der Waals surface area contributed by atoms with Crippen molar-refractivity contribution in [2.24, 2.45) is 0 Å². The predicted octanol–water partition coefficient (Wildman–Crippen LogP) is 1.20. The number of amides is 1. The van der Waals surface area contributed by atoms with Crippen molar-refractivity contribution in [3.63, 3.8) is 0 Å². The highest BCUT2D eigenvalue weighted by Gasteiger charge is 2.32. The molecule has 19 heavy (non-hydrogen) atoms. The fourth-order valence-corrected chi connectivity index (χ4v) is 1.91. The van der Waals surface area contributed by atoms with E-state index in [-0.39, 0.29) is 24.3 Å². The molecule has 1 saturated carbocycles. The number of alkyl carbamates (subject to hydrolysis) is 1. The van der Waals surface area contributed by atoms with Gasteiger partial charge in [0.1, 0.15) is 6.61 Å². The third kappa shape index (κ3) is 3.12. The number of carboxylic acid groups (broad SMARTS) is 1. The average Bonchev–Trinajstić information content (AvgIpc) is 2.79. The largest absolute Gasteiger partial charge is 0.478 e. The Hall–Kier alpha value is -2.31. The molecule has 0 atom stereocenters. The Morgan fingerprint density at radius 2 is 2.37 bits per heavy atom. The van der Waals surface area contributed by atoms with Crippen LogP contribution >= 0.6 is 0 Å². The maximum atomic E-state index is 11.3. The van der Waals surface area contributed by atoms with Crippen molar-refractivity contribution in [3.8, 4) is 0 Å². The maximum Gasteiger partial charge on any atom is 0.407 e. The maximum absolute atomic E-state index is 11.3. The van der Waals surface area contributed by atoms with E-state index in [0.29, 0.717) is 12.8 Å². The van der Waals surface area contributed by atoms with Gasteiger partial charge in [0, 0.05) is 12.2 Å². The van der Waals surface area contributed by atoms with E-state index in [9.17, 15) is 9.59 Å². The molecule has 102 valence electrons. The number of rotatable bonds is 5. The van der Waals surface area contributed by atoms with Crippen molar-refractivity contribution in [2.75, 3.05) is 6.61 Å². The molecule has 1 heterocycles. The van der Waals surface area contributed by atoms with Crippen LogP contribution < -0.4 is 5.32 Å². The number of carbonyl (C=O) groups is 2. The van der Waals surface area contributed by atoms with E-state index in [1.807, 2.05) is 0 Å². The topological polar surface area (TPSA) is 93.5 Å². The minimum atomic E-state index is -0.992. The quantitative estimate of drug-likeness (QED) is 0.780. The van der Waals surface area contributed by atoms with Crippen LogP contribution in [-0.2, 0) is 4.74 Å². The minimum absolute atomic E-state index is 0.0415. The van der Waals surface area contributed by atoms with Crippen molar-refractivity contribution < 1.29 is 19.4 Å². The van der Waals surface area contributed by atoms with Crippen LogP contribution in [-0.4, -0.2) is 39.6 Å². The fraction of sp³-hybridized carbons (Fsp3) is 0.417. The molecule has 1 fully saturated rings. The molecule has 1 amide bonds. The first-order valence-electron chi connectivity index (χ1n) is 5.91. The molecule has 0 saturated heterocycles. The van der Waals surface area contributed by atoms with Gasteiger partial charge in [-0.25, -0.2) is 9.59 Å². The second-order valence-corrected chi connectivity index (χ2v) is 4.37. The highest BCUT2D eigenvalue weighted by molar-refractivity contribution is 5.86. The number of nitrogens with one attached hydrogen (secondary N) is 1. The lowest BCUT2D eigenvalue weighted by Gasteiger charge is -2.35. The lowest BCUT2D eigenvalue weighted by molar-refractivity contribution is 0.0696. The van der Waals surface area contributed by atoms with Crippen molar-refractivity contribution in [2.45, 2.75) is 24.9 Å². The Labute approximate surface area is 109 Å². The summed E-state index contributed by atoms with van der Waals surface area (Å²) in [6.45, 7) is 3.63. The lowest BCUT2D eigenvalue weighted by Crippen LogP contribution is -2.45. The minimum Gasteiger partial charge on any atom is -0.478 e. The first-order chi connectivity index (χ1) is 9.10. The van der Waals surface area contributed by atoms with Gasteiger partial charge in [0.05, 0.1) is 17.8 Å². The van der Waals surface area contributed by atoms with Gasteiger partial charge in [-0.05, 0) is 12.8 Å². The monoisotopic (exact) mass is 265 g/mol. The third-order valence-corrected chi connectivity index (χ3v) is 2.99. The summed E-state index contributed by atoms with van der Waals surface area (Å²) in [4.78, 5) is 22.0. The molecule has 2 rings (SSSR count). The summed E-state index contributed by atoms with van der Waals surface area (Å²) in [5, 5.41) is 15.5. The Morgan fingerprint density at radius 3 is 2.95 bits per heavy atom. The predicted molar refractivity (Wildman–Crippen MR) is 65.9 cm³/mol. The second-order valence-electron chi connectivity index (χ2n) is 4.37. The van der Waals surface area contributed by atoms with E-state index in [1.54, 1.807) is 4.68 Å². The molecule has 7 heteroatoms. The molecule has 0 bridgehead atoms. The Balaban J connectivity index is 1.77. The number of hydrogen-bond donors (Lipinski definition) is 2. The normalized spacial score (nSPS) is 21.3. The molecule has 1 aliphatic carbocycles.